The Balaban J connectivity index is 0.00000106. The van der Waals surface area contributed by atoms with Gasteiger partial charge in [0.1, 0.15) is 5.82 Å². The number of carbonyl (C=O) groups excluding carboxylic acids is 1. The molecule has 1 saturated carbocycles. The molecule has 2 heterocycles. The number of amides is 1. The Hall–Kier alpha value is -4.12. The highest BCUT2D eigenvalue weighted by atomic mass is 16.2. The second kappa shape index (κ2) is 7.37. The predicted molar refractivity (Wildman–Crippen MR) is 116 cm³/mol. The molecule has 3 N–H and O–H groups in total. The van der Waals surface area contributed by atoms with Gasteiger partial charge in [0.15, 0.2) is 0 Å². The summed E-state index contributed by atoms with van der Waals surface area (Å²) in [5, 5.41) is 11.0. The number of nitrogens with zero attached hydrogens (tertiary/aromatic N) is 4. The molecule has 0 bridgehead atoms. The van der Waals surface area contributed by atoms with Crippen molar-refractivity contribution < 1.29 is 4.79 Å². The molecule has 1 fully saturated rings. The van der Waals surface area contributed by atoms with Crippen molar-refractivity contribution in [2.75, 3.05) is 11.1 Å². The molecule has 0 saturated heterocycles. The molecule has 2 aromatic carbocycles. The molecule has 0 spiro atoms. The maximum atomic E-state index is 12.8. The van der Waals surface area contributed by atoms with E-state index in [0.717, 1.165) is 34.6 Å². The van der Waals surface area contributed by atoms with Crippen LogP contribution in [0.3, 0.4) is 0 Å². The molecule has 5 rings (SSSR count). The van der Waals surface area contributed by atoms with Crippen LogP contribution in [0.1, 0.15) is 12.8 Å². The number of pyridine rings is 1. The van der Waals surface area contributed by atoms with Crippen LogP contribution in [0.25, 0.3) is 27.5 Å². The zero-order valence-corrected chi connectivity index (χ0v) is 16.4. The minimum Gasteiger partial charge on any atom is -0.398 e. The molecular weight excluding hydrogens is 380 g/mol. The maximum Gasteiger partial charge on any atom is 0.333 e. The van der Waals surface area contributed by atoms with Crippen molar-refractivity contribution in [2.45, 2.75) is 12.8 Å². The van der Waals surface area contributed by atoms with Crippen LogP contribution in [0.15, 0.2) is 53.5 Å². The SMILES string of the molecule is C#N.Cn1c(=O)n(-c2cc(N)c3cnc(NC(=O)C4CC4)cc3c2)c2ccccc21. The highest BCUT2D eigenvalue weighted by Crippen LogP contribution is 2.31. The predicted octanol–water partition coefficient (Wildman–Crippen LogP) is 2.95. The van der Waals surface area contributed by atoms with E-state index in [-0.39, 0.29) is 17.5 Å². The third-order valence-electron chi connectivity index (χ3n) is 5.27. The molecule has 150 valence electrons. The van der Waals surface area contributed by atoms with E-state index in [4.69, 9.17) is 11.0 Å². The van der Waals surface area contributed by atoms with Gasteiger partial charge >= 0.3 is 5.69 Å². The normalized spacial score (nSPS) is 13.0. The first-order valence-corrected chi connectivity index (χ1v) is 9.46. The van der Waals surface area contributed by atoms with Crippen LogP contribution in [-0.4, -0.2) is 20.0 Å². The minimum atomic E-state index is -0.142. The number of aryl methyl sites for hydroxylation is 1. The Labute approximate surface area is 172 Å². The lowest BCUT2D eigenvalue weighted by atomic mass is 10.1. The van der Waals surface area contributed by atoms with Crippen molar-refractivity contribution in [3.63, 3.8) is 0 Å². The molecule has 0 unspecified atom stereocenters. The van der Waals surface area contributed by atoms with Crippen molar-refractivity contribution >= 4 is 39.2 Å². The molecule has 30 heavy (non-hydrogen) atoms. The third kappa shape index (κ3) is 3.16. The highest BCUT2D eigenvalue weighted by Gasteiger charge is 2.29. The van der Waals surface area contributed by atoms with Gasteiger partial charge in [-0.25, -0.2) is 15.0 Å². The summed E-state index contributed by atoms with van der Waals surface area (Å²) >= 11 is 0. The number of nitrogen functional groups attached to an aromatic ring is 1. The largest absolute Gasteiger partial charge is 0.398 e. The second-order valence-corrected chi connectivity index (χ2v) is 7.25. The number of nitriles is 1. The number of imidazole rings is 1. The molecule has 8 heteroatoms. The van der Waals surface area contributed by atoms with Gasteiger partial charge in [-0.05, 0) is 48.6 Å². The first-order valence-electron chi connectivity index (χ1n) is 9.46. The number of benzene rings is 2. The first-order chi connectivity index (χ1) is 14.5. The molecule has 0 atom stereocenters. The van der Waals surface area contributed by atoms with Crippen molar-refractivity contribution in [1.29, 1.82) is 5.26 Å². The summed E-state index contributed by atoms with van der Waals surface area (Å²) in [6.45, 7) is 3.50. The first kappa shape index (κ1) is 19.2. The zero-order valence-electron chi connectivity index (χ0n) is 16.4. The quantitative estimate of drug-likeness (QED) is 0.513. The van der Waals surface area contributed by atoms with Gasteiger partial charge in [-0.2, -0.15) is 0 Å². The van der Waals surface area contributed by atoms with Crippen molar-refractivity contribution in [3.8, 4) is 12.3 Å². The Morgan fingerprint density at radius 3 is 2.60 bits per heavy atom. The van der Waals surface area contributed by atoms with Crippen LogP contribution in [0.4, 0.5) is 11.5 Å². The summed E-state index contributed by atoms with van der Waals surface area (Å²) in [5.41, 5.74) is 8.97. The van der Waals surface area contributed by atoms with Gasteiger partial charge in [0.05, 0.1) is 16.7 Å². The van der Waals surface area contributed by atoms with E-state index in [1.165, 1.54) is 0 Å². The number of fused-ring (bicyclic) bond motifs is 2. The number of carbonyl (C=O) groups is 1. The van der Waals surface area contributed by atoms with Crippen LogP contribution in [-0.2, 0) is 11.8 Å². The maximum absolute atomic E-state index is 12.8. The topological polar surface area (TPSA) is 119 Å². The molecule has 1 amide bonds. The molecule has 1 aliphatic rings. The number of rotatable bonds is 3. The van der Waals surface area contributed by atoms with Crippen LogP contribution < -0.4 is 16.7 Å². The van der Waals surface area contributed by atoms with Crippen molar-refractivity contribution in [3.05, 3.63) is 59.1 Å². The Morgan fingerprint density at radius 2 is 1.90 bits per heavy atom. The van der Waals surface area contributed by atoms with E-state index >= 15 is 0 Å². The van der Waals surface area contributed by atoms with E-state index in [1.54, 1.807) is 34.5 Å². The third-order valence-corrected chi connectivity index (χ3v) is 5.27. The summed E-state index contributed by atoms with van der Waals surface area (Å²) < 4.78 is 3.26. The minimum absolute atomic E-state index is 0.00116. The summed E-state index contributed by atoms with van der Waals surface area (Å²) in [6.07, 6.45) is 3.52. The fourth-order valence-electron chi connectivity index (χ4n) is 3.58. The summed E-state index contributed by atoms with van der Waals surface area (Å²) in [4.78, 5) is 29.2. The standard InChI is InChI=1S/C21H19N5O2.CHN/c1-25-17-4-2-3-5-18(17)26(21(25)28)14-8-13-9-19(24-20(27)12-6-7-12)23-11-15(13)16(22)10-14;1-2/h2-5,8-12H,6-7,22H2,1H3,(H,23,24,27);1H. The van der Waals surface area contributed by atoms with Crippen LogP contribution in [0.2, 0.25) is 0 Å². The number of nitrogens with one attached hydrogen (secondary N) is 1. The average Bonchev–Trinajstić information content (AvgIpc) is 3.57. The van der Waals surface area contributed by atoms with E-state index in [1.807, 2.05) is 30.3 Å². The van der Waals surface area contributed by atoms with Gasteiger partial charge in [0.25, 0.3) is 0 Å². The average molecular weight is 400 g/mol. The Bertz CT molecular complexity index is 1360. The summed E-state index contributed by atoms with van der Waals surface area (Å²) in [6, 6.07) is 13.1. The fourth-order valence-corrected chi connectivity index (χ4v) is 3.58. The molecule has 2 aromatic heterocycles. The smallest absolute Gasteiger partial charge is 0.333 e. The zero-order chi connectivity index (χ0) is 21.4. The van der Waals surface area contributed by atoms with Gasteiger partial charge in [-0.3, -0.25) is 13.9 Å². The molecule has 4 aromatic rings. The number of hydrogen-bond acceptors (Lipinski definition) is 5. The number of aromatic nitrogens is 3. The molecule has 0 radical (unpaired) electrons. The van der Waals surface area contributed by atoms with Crippen molar-refractivity contribution in [2.24, 2.45) is 13.0 Å². The number of hydrogen-bond donors (Lipinski definition) is 2. The van der Waals surface area contributed by atoms with Gasteiger partial charge in [-0.15, -0.1) is 0 Å². The lowest BCUT2D eigenvalue weighted by Crippen LogP contribution is -2.21. The fraction of sp³-hybridized carbons (Fsp3) is 0.182. The molecule has 1 aliphatic carbocycles. The number of anilines is 2. The van der Waals surface area contributed by atoms with Crippen molar-refractivity contribution in [1.82, 2.24) is 14.1 Å². The van der Waals surface area contributed by atoms with E-state index < -0.39 is 0 Å². The summed E-state index contributed by atoms with van der Waals surface area (Å²) in [5.74, 6) is 0.593. The number of nitrogens with two attached hydrogens (primary N) is 1. The molecule has 8 nitrogen and oxygen atoms in total. The van der Waals surface area contributed by atoms with Crippen LogP contribution in [0, 0.1) is 17.8 Å². The molecule has 0 aliphatic heterocycles. The van der Waals surface area contributed by atoms with Crippen LogP contribution >= 0.6 is 0 Å². The van der Waals surface area contributed by atoms with Gasteiger partial charge in [-0.1, -0.05) is 12.1 Å². The second-order valence-electron chi connectivity index (χ2n) is 7.25. The molecular formula is C22H20N6O2. The summed E-state index contributed by atoms with van der Waals surface area (Å²) in [7, 11) is 1.75. The lowest BCUT2D eigenvalue weighted by Gasteiger charge is -2.10. The Kier molecular flexibility index (Phi) is 4.72. The lowest BCUT2D eigenvalue weighted by molar-refractivity contribution is -0.117. The number of para-hydroxylation sites is 2. The monoisotopic (exact) mass is 400 g/mol. The van der Waals surface area contributed by atoms with E-state index in [9.17, 15) is 9.59 Å². The van der Waals surface area contributed by atoms with E-state index in [0.29, 0.717) is 17.2 Å². The van der Waals surface area contributed by atoms with E-state index in [2.05, 4.69) is 16.9 Å². The van der Waals surface area contributed by atoms with Gasteiger partial charge in [0.2, 0.25) is 5.91 Å². The van der Waals surface area contributed by atoms with Gasteiger partial charge < -0.3 is 11.1 Å². The van der Waals surface area contributed by atoms with Gasteiger partial charge in [0, 0.05) is 36.8 Å². The highest BCUT2D eigenvalue weighted by molar-refractivity contribution is 5.99. The Morgan fingerprint density at radius 1 is 1.20 bits per heavy atom. The van der Waals surface area contributed by atoms with Crippen LogP contribution in [0.5, 0.6) is 0 Å².